The first-order chi connectivity index (χ1) is 9.93. The lowest BCUT2D eigenvalue weighted by Gasteiger charge is -2.31. The van der Waals surface area contributed by atoms with Gasteiger partial charge in [-0.25, -0.2) is 12.8 Å². The van der Waals surface area contributed by atoms with E-state index >= 15 is 0 Å². The van der Waals surface area contributed by atoms with Crippen LogP contribution in [0.5, 0.6) is 0 Å². The van der Waals surface area contributed by atoms with Crippen molar-refractivity contribution in [2.75, 3.05) is 25.9 Å². The Hall–Kier alpha value is -0.940. The molecule has 1 aliphatic heterocycles. The highest BCUT2D eigenvalue weighted by Crippen LogP contribution is 2.31. The second kappa shape index (κ2) is 7.90. The third kappa shape index (κ3) is 4.51. The summed E-state index contributed by atoms with van der Waals surface area (Å²) in [5.74, 6) is -0.426. The average Bonchev–Trinajstić information content (AvgIpc) is 2.48. The van der Waals surface area contributed by atoms with Crippen molar-refractivity contribution in [3.05, 3.63) is 29.6 Å². The minimum Gasteiger partial charge on any atom is -0.304 e. The van der Waals surface area contributed by atoms with Crippen molar-refractivity contribution in [3.8, 4) is 0 Å². The molecule has 1 aliphatic rings. The minimum absolute atomic E-state index is 0.129. The molecule has 1 heterocycles. The van der Waals surface area contributed by atoms with Crippen LogP contribution in [0.1, 0.15) is 45.1 Å². The van der Waals surface area contributed by atoms with E-state index in [9.17, 15) is 12.8 Å². The Morgan fingerprint density at radius 2 is 1.81 bits per heavy atom. The molecule has 0 bridgehead atoms. The van der Waals surface area contributed by atoms with Crippen LogP contribution in [0, 0.1) is 5.82 Å². The quantitative estimate of drug-likeness (QED) is 0.857. The van der Waals surface area contributed by atoms with Gasteiger partial charge in [0.25, 0.3) is 0 Å². The number of likely N-dealkylation sites (tertiary alicyclic amines) is 1. The lowest BCUT2D eigenvalue weighted by molar-refractivity contribution is 0.220. The number of nitrogens with zero attached hydrogens (tertiary/aromatic N) is 1. The zero-order chi connectivity index (χ0) is 16.0. The molecule has 1 saturated heterocycles. The number of halogens is 1. The third-order valence-electron chi connectivity index (χ3n) is 3.87. The van der Waals surface area contributed by atoms with E-state index in [1.165, 1.54) is 6.07 Å². The number of benzene rings is 1. The second-order valence-corrected chi connectivity index (χ2v) is 7.12. The molecule has 0 aliphatic carbocycles. The highest BCUT2D eigenvalue weighted by Gasteiger charge is 2.25. The van der Waals surface area contributed by atoms with Gasteiger partial charge in [-0.1, -0.05) is 32.9 Å². The molecule has 0 amide bonds. The number of rotatable bonds is 3. The van der Waals surface area contributed by atoms with Crippen LogP contribution in [-0.2, 0) is 9.84 Å². The Morgan fingerprint density at radius 1 is 1.24 bits per heavy atom. The Morgan fingerprint density at radius 3 is 2.29 bits per heavy atom. The molecule has 2 rings (SSSR count). The van der Waals surface area contributed by atoms with Crippen molar-refractivity contribution in [3.63, 3.8) is 0 Å². The van der Waals surface area contributed by atoms with Gasteiger partial charge in [0, 0.05) is 6.26 Å². The van der Waals surface area contributed by atoms with Gasteiger partial charge in [0.2, 0.25) is 0 Å². The summed E-state index contributed by atoms with van der Waals surface area (Å²) in [6, 6.07) is 4.70. The van der Waals surface area contributed by atoms with Crippen molar-refractivity contribution >= 4 is 9.84 Å². The number of hydrogen-bond donors (Lipinski definition) is 0. The van der Waals surface area contributed by atoms with Crippen LogP contribution in [0.2, 0.25) is 0 Å². The van der Waals surface area contributed by atoms with Crippen molar-refractivity contribution < 1.29 is 12.8 Å². The predicted molar refractivity (Wildman–Crippen MR) is 84.9 cm³/mol. The van der Waals surface area contributed by atoms with Crippen molar-refractivity contribution in [1.29, 1.82) is 0 Å². The highest BCUT2D eigenvalue weighted by atomic mass is 32.2. The van der Waals surface area contributed by atoms with E-state index < -0.39 is 15.7 Å². The SMILES string of the molecule is CC.CCN1CCC(c2cccc(S(C)(=O)=O)c2F)CC1. The van der Waals surface area contributed by atoms with Crippen LogP contribution in [0.3, 0.4) is 0 Å². The van der Waals surface area contributed by atoms with Crippen molar-refractivity contribution in [1.82, 2.24) is 4.90 Å². The monoisotopic (exact) mass is 315 g/mol. The van der Waals surface area contributed by atoms with E-state index in [1.54, 1.807) is 12.1 Å². The fraction of sp³-hybridized carbons (Fsp3) is 0.625. The molecule has 120 valence electrons. The lowest BCUT2D eigenvalue weighted by atomic mass is 9.89. The number of hydrogen-bond acceptors (Lipinski definition) is 3. The molecule has 0 saturated carbocycles. The van der Waals surface area contributed by atoms with Crippen LogP contribution in [-0.4, -0.2) is 39.2 Å². The summed E-state index contributed by atoms with van der Waals surface area (Å²) in [6.07, 6.45) is 2.82. The number of piperidine rings is 1. The maximum Gasteiger partial charge on any atom is 0.178 e. The smallest absolute Gasteiger partial charge is 0.178 e. The summed E-state index contributed by atoms with van der Waals surface area (Å²) < 4.78 is 37.4. The van der Waals surface area contributed by atoms with E-state index in [0.717, 1.165) is 38.7 Å². The number of sulfone groups is 1. The van der Waals surface area contributed by atoms with Gasteiger partial charge in [0.15, 0.2) is 9.84 Å². The fourth-order valence-electron chi connectivity index (χ4n) is 2.69. The summed E-state index contributed by atoms with van der Waals surface area (Å²) in [4.78, 5) is 2.15. The molecule has 0 unspecified atom stereocenters. The molecule has 1 aromatic carbocycles. The van der Waals surface area contributed by atoms with Crippen molar-refractivity contribution in [2.45, 2.75) is 44.4 Å². The van der Waals surface area contributed by atoms with Gasteiger partial charge in [0.05, 0.1) is 0 Å². The molecule has 0 spiro atoms. The Kier molecular flexibility index (Phi) is 6.81. The molecule has 0 atom stereocenters. The molecular weight excluding hydrogens is 289 g/mol. The zero-order valence-electron chi connectivity index (χ0n) is 13.4. The first-order valence-electron chi connectivity index (χ1n) is 7.64. The minimum atomic E-state index is -3.50. The van der Waals surface area contributed by atoms with E-state index in [0.29, 0.717) is 5.56 Å². The fourth-order valence-corrected chi connectivity index (χ4v) is 3.46. The van der Waals surface area contributed by atoms with Crippen LogP contribution in [0.4, 0.5) is 4.39 Å². The summed E-state index contributed by atoms with van der Waals surface area (Å²) in [7, 11) is -3.50. The summed E-state index contributed by atoms with van der Waals surface area (Å²) in [5, 5.41) is 0. The van der Waals surface area contributed by atoms with Gasteiger partial charge in [-0.3, -0.25) is 0 Å². The molecule has 0 aromatic heterocycles. The zero-order valence-corrected chi connectivity index (χ0v) is 14.2. The van der Waals surface area contributed by atoms with E-state index in [4.69, 9.17) is 0 Å². The molecular formula is C16H26FNO2S. The third-order valence-corrected chi connectivity index (χ3v) is 4.98. The molecule has 21 heavy (non-hydrogen) atoms. The van der Waals surface area contributed by atoms with Crippen LogP contribution >= 0.6 is 0 Å². The van der Waals surface area contributed by atoms with Crippen LogP contribution in [0.25, 0.3) is 0 Å². The molecule has 0 N–H and O–H groups in total. The van der Waals surface area contributed by atoms with Gasteiger partial charge in [-0.05, 0) is 50.0 Å². The van der Waals surface area contributed by atoms with Crippen molar-refractivity contribution in [2.24, 2.45) is 0 Å². The largest absolute Gasteiger partial charge is 0.304 e. The van der Waals surface area contributed by atoms with Gasteiger partial charge in [0.1, 0.15) is 10.7 Å². The van der Waals surface area contributed by atoms with Crippen LogP contribution in [0.15, 0.2) is 23.1 Å². The predicted octanol–water partition coefficient (Wildman–Crippen LogP) is 3.45. The molecule has 0 radical (unpaired) electrons. The van der Waals surface area contributed by atoms with E-state index in [2.05, 4.69) is 11.8 Å². The van der Waals surface area contributed by atoms with E-state index in [-0.39, 0.29) is 10.8 Å². The first-order valence-corrected chi connectivity index (χ1v) is 9.53. The summed E-state index contributed by atoms with van der Waals surface area (Å²) in [5.41, 5.74) is 0.554. The van der Waals surface area contributed by atoms with Gasteiger partial charge >= 0.3 is 0 Å². The standard InChI is InChI=1S/C14H20FNO2S.C2H6/c1-3-16-9-7-11(8-10-16)12-5-4-6-13(14(12)15)19(2,17)18;1-2/h4-6,11H,3,7-10H2,1-2H3;1-2H3. The second-order valence-electron chi connectivity index (χ2n) is 5.14. The maximum atomic E-state index is 14.3. The molecule has 3 nitrogen and oxygen atoms in total. The van der Waals surface area contributed by atoms with Gasteiger partial charge < -0.3 is 4.90 Å². The van der Waals surface area contributed by atoms with Crippen LogP contribution < -0.4 is 0 Å². The molecule has 5 heteroatoms. The van der Waals surface area contributed by atoms with Gasteiger partial charge in [-0.15, -0.1) is 0 Å². The van der Waals surface area contributed by atoms with E-state index in [1.807, 2.05) is 13.8 Å². The normalized spacial score (nSPS) is 17.2. The topological polar surface area (TPSA) is 37.4 Å². The summed E-state index contributed by atoms with van der Waals surface area (Å²) >= 11 is 0. The molecule has 1 aromatic rings. The Bertz CT molecular complexity index is 549. The first kappa shape index (κ1) is 18.1. The Balaban J connectivity index is 0.00000106. The van der Waals surface area contributed by atoms with Gasteiger partial charge in [-0.2, -0.15) is 0 Å². The summed E-state index contributed by atoms with van der Waals surface area (Å²) in [6.45, 7) is 9.02. The maximum absolute atomic E-state index is 14.3. The molecule has 1 fully saturated rings. The Labute approximate surface area is 128 Å². The average molecular weight is 315 g/mol. The lowest BCUT2D eigenvalue weighted by Crippen LogP contribution is -2.32. The highest BCUT2D eigenvalue weighted by molar-refractivity contribution is 7.90.